The zero-order valence-corrected chi connectivity index (χ0v) is 7.05. The molecule has 2 heteroatoms. The highest BCUT2D eigenvalue weighted by Gasteiger charge is 2.05. The van der Waals surface area contributed by atoms with E-state index in [9.17, 15) is 4.79 Å². The van der Waals surface area contributed by atoms with Gasteiger partial charge in [0.05, 0.1) is 5.69 Å². The lowest BCUT2D eigenvalue weighted by Gasteiger charge is -1.87. The smallest absolute Gasteiger partial charge is 0.175 e. The van der Waals surface area contributed by atoms with E-state index in [1.165, 1.54) is 6.92 Å². The molecule has 0 fully saturated rings. The molecule has 1 aromatic heterocycles. The van der Waals surface area contributed by atoms with Gasteiger partial charge in [0.25, 0.3) is 0 Å². The molecule has 0 aromatic carbocycles. The van der Waals surface area contributed by atoms with E-state index >= 15 is 0 Å². The van der Waals surface area contributed by atoms with Crippen molar-refractivity contribution < 1.29 is 4.79 Å². The second-order valence-electron chi connectivity index (χ2n) is 2.52. The van der Waals surface area contributed by atoms with Gasteiger partial charge in [0, 0.05) is 12.6 Å². The van der Waals surface area contributed by atoms with E-state index in [-0.39, 0.29) is 5.78 Å². The number of nitrogens with one attached hydrogen (secondary N) is 1. The maximum atomic E-state index is 10.9. The van der Waals surface area contributed by atoms with Gasteiger partial charge < -0.3 is 4.98 Å². The summed E-state index contributed by atoms with van der Waals surface area (Å²) in [7, 11) is 0. The van der Waals surface area contributed by atoms with Crippen LogP contribution in [0, 0.1) is 0 Å². The van der Waals surface area contributed by atoms with Gasteiger partial charge in [-0.2, -0.15) is 0 Å². The molecule has 0 saturated carbocycles. The first-order valence-electron chi connectivity index (χ1n) is 3.68. The quantitative estimate of drug-likeness (QED) is 0.679. The summed E-state index contributed by atoms with van der Waals surface area (Å²) in [5.74, 6) is 0.0196. The van der Waals surface area contributed by atoms with E-state index in [2.05, 4.69) is 18.1 Å². The maximum absolute atomic E-state index is 10.9. The number of aromatic amines is 1. The summed E-state index contributed by atoms with van der Waals surface area (Å²) in [5.41, 5.74) is 2.35. The summed E-state index contributed by atoms with van der Waals surface area (Å²) in [6.45, 7) is 8.77. The summed E-state index contributed by atoms with van der Waals surface area (Å²) in [6, 6.07) is 1.77. The van der Waals surface area contributed by atoms with E-state index < -0.39 is 0 Å². The van der Waals surface area contributed by atoms with Gasteiger partial charge in [0.1, 0.15) is 0 Å². The molecule has 0 aliphatic carbocycles. The number of ketones is 1. The number of hydrogen-bond acceptors (Lipinski definition) is 1. The summed E-state index contributed by atoms with van der Waals surface area (Å²) in [4.78, 5) is 13.9. The molecule has 0 amide bonds. The SMILES string of the molecule is C=Cc1cc(C(C)=O)[nH]c1C=C. The Kier molecular flexibility index (Phi) is 2.29. The topological polar surface area (TPSA) is 32.9 Å². The number of carbonyl (C=O) groups excluding carboxylic acids is 1. The van der Waals surface area contributed by atoms with E-state index in [1.54, 1.807) is 18.2 Å². The van der Waals surface area contributed by atoms with Crippen molar-refractivity contribution in [2.45, 2.75) is 6.92 Å². The third-order valence-electron chi connectivity index (χ3n) is 1.68. The molecular weight excluding hydrogens is 150 g/mol. The van der Waals surface area contributed by atoms with Gasteiger partial charge in [0.15, 0.2) is 5.78 Å². The fourth-order valence-corrected chi connectivity index (χ4v) is 1.01. The molecule has 0 saturated heterocycles. The van der Waals surface area contributed by atoms with Crippen molar-refractivity contribution in [3.63, 3.8) is 0 Å². The highest BCUT2D eigenvalue weighted by molar-refractivity contribution is 5.93. The molecule has 0 atom stereocenters. The molecular formula is C10H11NO. The molecule has 0 spiro atoms. The second-order valence-corrected chi connectivity index (χ2v) is 2.52. The summed E-state index contributed by atoms with van der Waals surface area (Å²) in [6.07, 6.45) is 3.36. The normalized spacial score (nSPS) is 9.42. The summed E-state index contributed by atoms with van der Waals surface area (Å²) in [5, 5.41) is 0. The molecule has 62 valence electrons. The first-order valence-corrected chi connectivity index (χ1v) is 3.68. The molecule has 12 heavy (non-hydrogen) atoms. The van der Waals surface area contributed by atoms with Crippen LogP contribution in [0.25, 0.3) is 12.2 Å². The Labute approximate surface area is 71.6 Å². The van der Waals surface area contributed by atoms with Crippen LogP contribution < -0.4 is 0 Å². The van der Waals surface area contributed by atoms with Crippen molar-refractivity contribution >= 4 is 17.9 Å². The van der Waals surface area contributed by atoms with Crippen molar-refractivity contribution in [3.05, 3.63) is 36.2 Å². The predicted molar refractivity (Wildman–Crippen MR) is 51.0 cm³/mol. The molecule has 0 aliphatic rings. The number of rotatable bonds is 3. The Hall–Kier alpha value is -1.57. The number of carbonyl (C=O) groups is 1. The van der Waals surface area contributed by atoms with E-state index in [0.717, 1.165) is 11.3 Å². The highest BCUT2D eigenvalue weighted by Crippen LogP contribution is 2.13. The minimum absolute atomic E-state index is 0.0196. The van der Waals surface area contributed by atoms with Crippen LogP contribution in [0.15, 0.2) is 19.2 Å². The molecule has 1 aromatic rings. The van der Waals surface area contributed by atoms with Gasteiger partial charge in [-0.1, -0.05) is 19.2 Å². The Morgan fingerprint density at radius 2 is 2.17 bits per heavy atom. The summed E-state index contributed by atoms with van der Waals surface area (Å²) >= 11 is 0. The molecule has 1 N–H and O–H groups in total. The van der Waals surface area contributed by atoms with Crippen LogP contribution in [0.5, 0.6) is 0 Å². The molecule has 0 bridgehead atoms. The minimum atomic E-state index is 0.0196. The van der Waals surface area contributed by atoms with Gasteiger partial charge in [-0.25, -0.2) is 0 Å². The van der Waals surface area contributed by atoms with Crippen LogP contribution in [0.3, 0.4) is 0 Å². The Bertz CT molecular complexity index is 308. The molecule has 0 radical (unpaired) electrons. The summed E-state index contributed by atoms with van der Waals surface area (Å²) < 4.78 is 0. The lowest BCUT2D eigenvalue weighted by atomic mass is 10.2. The standard InChI is InChI=1S/C10H11NO/c1-4-8-6-10(7(3)12)11-9(8)5-2/h4-6,11H,1-2H2,3H3. The third-order valence-corrected chi connectivity index (χ3v) is 1.68. The Morgan fingerprint density at radius 3 is 2.50 bits per heavy atom. The van der Waals surface area contributed by atoms with Gasteiger partial charge in [0.2, 0.25) is 0 Å². The van der Waals surface area contributed by atoms with Crippen molar-refractivity contribution in [3.8, 4) is 0 Å². The largest absolute Gasteiger partial charge is 0.352 e. The van der Waals surface area contributed by atoms with Gasteiger partial charge >= 0.3 is 0 Å². The molecule has 1 rings (SSSR count). The van der Waals surface area contributed by atoms with Crippen LogP contribution in [0.1, 0.15) is 28.7 Å². The second kappa shape index (κ2) is 3.22. The van der Waals surface area contributed by atoms with Crippen molar-refractivity contribution in [2.24, 2.45) is 0 Å². The van der Waals surface area contributed by atoms with E-state index in [0.29, 0.717) is 5.69 Å². The number of hydrogen-bond donors (Lipinski definition) is 1. The third kappa shape index (κ3) is 1.37. The van der Waals surface area contributed by atoms with E-state index in [4.69, 9.17) is 0 Å². The Morgan fingerprint density at radius 1 is 1.50 bits per heavy atom. The van der Waals surface area contributed by atoms with Crippen LogP contribution in [0.2, 0.25) is 0 Å². The lowest BCUT2D eigenvalue weighted by Crippen LogP contribution is -1.90. The average Bonchev–Trinajstić information content (AvgIpc) is 2.46. The monoisotopic (exact) mass is 161 g/mol. The maximum Gasteiger partial charge on any atom is 0.175 e. The molecule has 0 unspecified atom stereocenters. The van der Waals surface area contributed by atoms with Crippen LogP contribution in [-0.4, -0.2) is 10.8 Å². The van der Waals surface area contributed by atoms with Crippen molar-refractivity contribution in [1.82, 2.24) is 4.98 Å². The van der Waals surface area contributed by atoms with Gasteiger partial charge in [-0.3, -0.25) is 4.79 Å². The average molecular weight is 161 g/mol. The molecule has 1 heterocycles. The molecule has 2 nitrogen and oxygen atoms in total. The van der Waals surface area contributed by atoms with Crippen LogP contribution in [-0.2, 0) is 0 Å². The molecule has 0 aliphatic heterocycles. The van der Waals surface area contributed by atoms with Crippen LogP contribution in [0.4, 0.5) is 0 Å². The van der Waals surface area contributed by atoms with Crippen molar-refractivity contribution in [1.29, 1.82) is 0 Å². The number of Topliss-reactive ketones (excluding diaryl/α,β-unsaturated/α-hetero) is 1. The van der Waals surface area contributed by atoms with Gasteiger partial charge in [-0.05, 0) is 17.7 Å². The van der Waals surface area contributed by atoms with Crippen LogP contribution >= 0.6 is 0 Å². The fraction of sp³-hybridized carbons (Fsp3) is 0.100. The lowest BCUT2D eigenvalue weighted by molar-refractivity contribution is 0.101. The zero-order chi connectivity index (χ0) is 9.14. The first-order chi connectivity index (χ1) is 5.69. The highest BCUT2D eigenvalue weighted by atomic mass is 16.1. The van der Waals surface area contributed by atoms with Crippen molar-refractivity contribution in [2.75, 3.05) is 0 Å². The first kappa shape index (κ1) is 8.53. The number of H-pyrrole nitrogens is 1. The van der Waals surface area contributed by atoms with Gasteiger partial charge in [-0.15, -0.1) is 0 Å². The fourth-order valence-electron chi connectivity index (χ4n) is 1.01. The number of aromatic nitrogens is 1. The van der Waals surface area contributed by atoms with E-state index in [1.807, 2.05) is 0 Å². The Balaban J connectivity index is 3.22. The zero-order valence-electron chi connectivity index (χ0n) is 7.05. The predicted octanol–water partition coefficient (Wildman–Crippen LogP) is 2.50. The minimum Gasteiger partial charge on any atom is -0.352 e.